The molecule has 0 spiro atoms. The van der Waals surface area contributed by atoms with Gasteiger partial charge in [-0.3, -0.25) is 0 Å². The predicted molar refractivity (Wildman–Crippen MR) is 111 cm³/mol. The van der Waals surface area contributed by atoms with E-state index in [9.17, 15) is 5.11 Å². The summed E-state index contributed by atoms with van der Waals surface area (Å²) in [6.45, 7) is 0.0481. The van der Waals surface area contributed by atoms with E-state index in [0.717, 1.165) is 39.1 Å². The number of halogens is 1. The molecule has 5 aromatic rings. The van der Waals surface area contributed by atoms with Crippen LogP contribution in [0.5, 0.6) is 0 Å². The quantitative estimate of drug-likeness (QED) is 0.463. The first-order valence-electron chi connectivity index (χ1n) is 8.57. The lowest BCUT2D eigenvalue weighted by atomic mass is 10.1. The van der Waals surface area contributed by atoms with Crippen LogP contribution in [0.1, 0.15) is 5.56 Å². The van der Waals surface area contributed by atoms with Gasteiger partial charge in [-0.1, -0.05) is 30.3 Å². The SMILES string of the molecule is Cl.OCc1cccc(-c2ccc3nc(-c4ccc5cc[nH]c5c4)cn3c2)c1. The molecule has 0 amide bonds. The van der Waals surface area contributed by atoms with Crippen LogP contribution in [0.2, 0.25) is 0 Å². The molecule has 5 rings (SSSR count). The summed E-state index contributed by atoms with van der Waals surface area (Å²) < 4.78 is 2.05. The first-order valence-corrected chi connectivity index (χ1v) is 8.57. The van der Waals surface area contributed by atoms with Gasteiger partial charge in [-0.15, -0.1) is 12.4 Å². The van der Waals surface area contributed by atoms with Crippen LogP contribution in [0.25, 0.3) is 38.9 Å². The molecule has 134 valence electrons. The van der Waals surface area contributed by atoms with Gasteiger partial charge in [0.25, 0.3) is 0 Å². The molecule has 2 aromatic carbocycles. The highest BCUT2D eigenvalue weighted by Gasteiger charge is 2.07. The smallest absolute Gasteiger partial charge is 0.137 e. The summed E-state index contributed by atoms with van der Waals surface area (Å²) in [5.74, 6) is 0. The molecule has 0 saturated heterocycles. The molecule has 0 aliphatic carbocycles. The summed E-state index contributed by atoms with van der Waals surface area (Å²) in [6, 6.07) is 20.5. The molecule has 0 aliphatic rings. The van der Waals surface area contributed by atoms with Gasteiger partial charge in [0, 0.05) is 29.7 Å². The number of aromatic amines is 1. The number of nitrogens with zero attached hydrogens (tertiary/aromatic N) is 2. The van der Waals surface area contributed by atoms with Gasteiger partial charge in [-0.25, -0.2) is 4.98 Å². The van der Waals surface area contributed by atoms with Gasteiger partial charge in [-0.2, -0.15) is 0 Å². The summed E-state index contributed by atoms with van der Waals surface area (Å²) in [4.78, 5) is 8.00. The van der Waals surface area contributed by atoms with E-state index in [2.05, 4.69) is 58.2 Å². The molecule has 0 aliphatic heterocycles. The lowest BCUT2D eigenvalue weighted by molar-refractivity contribution is 0.282. The number of aliphatic hydroxyl groups excluding tert-OH is 1. The second-order valence-electron chi connectivity index (χ2n) is 6.45. The molecule has 0 bridgehead atoms. The molecule has 2 N–H and O–H groups in total. The molecule has 3 aromatic heterocycles. The summed E-state index contributed by atoms with van der Waals surface area (Å²) in [6.07, 6.45) is 6.08. The number of nitrogens with one attached hydrogen (secondary N) is 1. The number of imidazole rings is 1. The number of rotatable bonds is 3. The van der Waals surface area contributed by atoms with Crippen LogP contribution in [-0.2, 0) is 6.61 Å². The van der Waals surface area contributed by atoms with Crippen molar-refractivity contribution >= 4 is 29.0 Å². The summed E-state index contributed by atoms with van der Waals surface area (Å²) >= 11 is 0. The van der Waals surface area contributed by atoms with Gasteiger partial charge in [0.2, 0.25) is 0 Å². The van der Waals surface area contributed by atoms with Crippen molar-refractivity contribution in [2.24, 2.45) is 0 Å². The monoisotopic (exact) mass is 375 g/mol. The number of aromatic nitrogens is 3. The number of pyridine rings is 1. The molecular weight excluding hydrogens is 358 g/mol. The lowest BCUT2D eigenvalue weighted by Gasteiger charge is -2.04. The van der Waals surface area contributed by atoms with Crippen molar-refractivity contribution in [2.45, 2.75) is 6.61 Å². The molecule has 0 unspecified atom stereocenters. The fraction of sp³-hybridized carbons (Fsp3) is 0.0455. The van der Waals surface area contributed by atoms with Crippen LogP contribution in [0.3, 0.4) is 0 Å². The van der Waals surface area contributed by atoms with Crippen molar-refractivity contribution in [1.29, 1.82) is 0 Å². The van der Waals surface area contributed by atoms with Crippen molar-refractivity contribution in [3.8, 4) is 22.4 Å². The minimum absolute atomic E-state index is 0. The highest BCUT2D eigenvalue weighted by atomic mass is 35.5. The van der Waals surface area contributed by atoms with E-state index in [0.29, 0.717) is 0 Å². The van der Waals surface area contributed by atoms with Gasteiger partial charge >= 0.3 is 0 Å². The number of H-pyrrole nitrogens is 1. The van der Waals surface area contributed by atoms with Crippen LogP contribution in [0.15, 0.2) is 79.3 Å². The fourth-order valence-corrected chi connectivity index (χ4v) is 3.36. The van der Waals surface area contributed by atoms with E-state index >= 15 is 0 Å². The van der Waals surface area contributed by atoms with Crippen molar-refractivity contribution in [3.63, 3.8) is 0 Å². The highest BCUT2D eigenvalue weighted by molar-refractivity contribution is 5.85. The number of hydrogen-bond donors (Lipinski definition) is 2. The standard InChI is InChI=1S/C22H17N3O.ClH/c26-14-15-2-1-3-17(10-15)19-6-7-22-24-21(13-25(22)12-19)18-5-4-16-8-9-23-20(16)11-18;/h1-13,23,26H,14H2;1H. The summed E-state index contributed by atoms with van der Waals surface area (Å²) in [5.41, 5.74) is 7.15. The normalized spacial score (nSPS) is 11.0. The van der Waals surface area contributed by atoms with Gasteiger partial charge < -0.3 is 14.5 Å². The van der Waals surface area contributed by atoms with E-state index in [1.807, 2.05) is 30.5 Å². The maximum atomic E-state index is 9.35. The second-order valence-corrected chi connectivity index (χ2v) is 6.45. The van der Waals surface area contributed by atoms with Crippen LogP contribution in [0.4, 0.5) is 0 Å². The molecule has 0 saturated carbocycles. The first kappa shape index (κ1) is 17.3. The molecule has 5 heteroatoms. The second kappa shape index (κ2) is 6.91. The Balaban J connectivity index is 0.00000180. The number of hydrogen-bond acceptors (Lipinski definition) is 2. The maximum absolute atomic E-state index is 9.35. The van der Waals surface area contributed by atoms with E-state index in [1.165, 1.54) is 5.39 Å². The van der Waals surface area contributed by atoms with Gasteiger partial charge in [0.05, 0.1) is 12.3 Å². The minimum atomic E-state index is 0. The molecular formula is C22H18ClN3O. The van der Waals surface area contributed by atoms with Crippen LogP contribution in [-0.4, -0.2) is 19.5 Å². The third-order valence-electron chi connectivity index (χ3n) is 4.74. The summed E-state index contributed by atoms with van der Waals surface area (Å²) in [5, 5.41) is 10.5. The van der Waals surface area contributed by atoms with E-state index < -0.39 is 0 Å². The summed E-state index contributed by atoms with van der Waals surface area (Å²) in [7, 11) is 0. The van der Waals surface area contributed by atoms with Crippen molar-refractivity contribution in [3.05, 3.63) is 84.8 Å². The Labute approximate surface area is 162 Å². The van der Waals surface area contributed by atoms with Gasteiger partial charge in [0.1, 0.15) is 5.65 Å². The Morgan fingerprint density at radius 2 is 1.78 bits per heavy atom. The highest BCUT2D eigenvalue weighted by Crippen LogP contribution is 2.26. The Morgan fingerprint density at radius 1 is 0.889 bits per heavy atom. The van der Waals surface area contributed by atoms with Crippen molar-refractivity contribution in [2.75, 3.05) is 0 Å². The number of fused-ring (bicyclic) bond motifs is 2. The number of benzene rings is 2. The zero-order valence-electron chi connectivity index (χ0n) is 14.5. The zero-order valence-corrected chi connectivity index (χ0v) is 15.3. The predicted octanol–water partition coefficient (Wildman–Crippen LogP) is 5.06. The van der Waals surface area contributed by atoms with Crippen LogP contribution >= 0.6 is 12.4 Å². The molecule has 3 heterocycles. The topological polar surface area (TPSA) is 53.3 Å². The Morgan fingerprint density at radius 3 is 2.67 bits per heavy atom. The van der Waals surface area contributed by atoms with Gasteiger partial charge in [-0.05, 0) is 52.4 Å². The van der Waals surface area contributed by atoms with Gasteiger partial charge in [0.15, 0.2) is 0 Å². The minimum Gasteiger partial charge on any atom is -0.392 e. The molecule has 0 atom stereocenters. The molecule has 0 fully saturated rings. The number of aliphatic hydroxyl groups is 1. The third kappa shape index (κ3) is 3.10. The van der Waals surface area contributed by atoms with E-state index in [1.54, 1.807) is 0 Å². The Hall–Kier alpha value is -3.08. The van der Waals surface area contributed by atoms with Crippen LogP contribution in [0, 0.1) is 0 Å². The molecule has 4 nitrogen and oxygen atoms in total. The average Bonchev–Trinajstić information content (AvgIpc) is 3.33. The zero-order chi connectivity index (χ0) is 17.5. The fourth-order valence-electron chi connectivity index (χ4n) is 3.36. The maximum Gasteiger partial charge on any atom is 0.137 e. The Kier molecular flexibility index (Phi) is 4.44. The first-order chi connectivity index (χ1) is 12.8. The third-order valence-corrected chi connectivity index (χ3v) is 4.74. The Bertz CT molecular complexity index is 1240. The molecule has 0 radical (unpaired) electrons. The van der Waals surface area contributed by atoms with Crippen molar-refractivity contribution in [1.82, 2.24) is 14.4 Å². The van der Waals surface area contributed by atoms with Crippen LogP contribution < -0.4 is 0 Å². The van der Waals surface area contributed by atoms with Crippen molar-refractivity contribution < 1.29 is 5.11 Å². The van der Waals surface area contributed by atoms with E-state index in [-0.39, 0.29) is 19.0 Å². The van der Waals surface area contributed by atoms with E-state index in [4.69, 9.17) is 4.98 Å². The largest absolute Gasteiger partial charge is 0.392 e. The average molecular weight is 376 g/mol. The lowest BCUT2D eigenvalue weighted by Crippen LogP contribution is -1.87. The molecule has 27 heavy (non-hydrogen) atoms.